The molecule has 3 N–H and O–H groups in total. The third-order valence-electron chi connectivity index (χ3n) is 3.21. The van der Waals surface area contributed by atoms with Crippen LogP contribution in [0.2, 0.25) is 0 Å². The molecule has 2 amide bonds. The van der Waals surface area contributed by atoms with Gasteiger partial charge >= 0.3 is 0 Å². The van der Waals surface area contributed by atoms with Crippen molar-refractivity contribution in [3.63, 3.8) is 0 Å². The van der Waals surface area contributed by atoms with Gasteiger partial charge in [-0.25, -0.2) is 9.29 Å². The highest BCUT2D eigenvalue weighted by Gasteiger charge is 2.23. The number of amides is 2. The highest BCUT2D eigenvalue weighted by molar-refractivity contribution is 6.19. The van der Waals surface area contributed by atoms with Gasteiger partial charge in [-0.2, -0.15) is 0 Å². The van der Waals surface area contributed by atoms with Crippen molar-refractivity contribution in [3.8, 4) is 0 Å². The van der Waals surface area contributed by atoms with Gasteiger partial charge in [0.25, 0.3) is 5.91 Å². The number of carbonyl (C=O) groups is 2. The van der Waals surface area contributed by atoms with Crippen molar-refractivity contribution >= 4 is 23.8 Å². The van der Waals surface area contributed by atoms with Gasteiger partial charge in [-0.15, -0.1) is 0 Å². The number of carbonyl (C=O) groups excluding carboxylic acids is 2. The Morgan fingerprint density at radius 1 is 1.23 bits per heavy atom. The molecule has 0 aromatic heterocycles. The third kappa shape index (κ3) is 2.85. The molecule has 2 aromatic carbocycles. The predicted molar refractivity (Wildman–Crippen MR) is 81.1 cm³/mol. The van der Waals surface area contributed by atoms with E-state index in [4.69, 9.17) is 11.1 Å². The number of halogens is 1. The second kappa shape index (κ2) is 6.17. The first kappa shape index (κ1) is 15.4. The second-order valence-corrected chi connectivity index (χ2v) is 4.68. The number of benzene rings is 2. The molecule has 0 radical (unpaired) electrons. The molecular weight excluding hydrogens is 285 g/mol. The van der Waals surface area contributed by atoms with E-state index in [2.05, 4.69) is 0 Å². The number of hydrogen-bond acceptors (Lipinski definition) is 4. The van der Waals surface area contributed by atoms with Crippen LogP contribution in [0.5, 0.6) is 0 Å². The molecule has 0 bridgehead atoms. The molecule has 2 rings (SSSR count). The predicted octanol–water partition coefficient (Wildman–Crippen LogP) is 2.34. The summed E-state index contributed by atoms with van der Waals surface area (Å²) in [5, 5.41) is 8.00. The number of aryl methyl sites for hydroxylation is 1. The standard InChI is InChI=1S/C16H14FN3O2/c1-10-4-2-3-5-12(10)16(22)20(9-21)15(19)13-8-11(17)6-7-14(13)18/h2-9,19H,18H2,1H3. The first-order valence-corrected chi connectivity index (χ1v) is 6.44. The molecule has 0 aliphatic heterocycles. The first-order valence-electron chi connectivity index (χ1n) is 6.44. The monoisotopic (exact) mass is 299 g/mol. The molecule has 22 heavy (non-hydrogen) atoms. The molecule has 0 aliphatic rings. The Labute approximate surface area is 126 Å². The average molecular weight is 299 g/mol. The maximum absolute atomic E-state index is 13.3. The fourth-order valence-corrected chi connectivity index (χ4v) is 2.01. The van der Waals surface area contributed by atoms with E-state index >= 15 is 0 Å². The molecule has 0 heterocycles. The van der Waals surface area contributed by atoms with E-state index in [1.165, 1.54) is 6.07 Å². The van der Waals surface area contributed by atoms with Gasteiger partial charge in [0.05, 0.1) is 0 Å². The normalized spacial score (nSPS) is 10.1. The van der Waals surface area contributed by atoms with Crippen LogP contribution in [0, 0.1) is 18.2 Å². The summed E-state index contributed by atoms with van der Waals surface area (Å²) in [6, 6.07) is 10.1. The van der Waals surface area contributed by atoms with E-state index in [0.717, 1.165) is 12.1 Å². The van der Waals surface area contributed by atoms with E-state index in [0.29, 0.717) is 10.5 Å². The van der Waals surface area contributed by atoms with Gasteiger partial charge in [0.15, 0.2) is 0 Å². The molecule has 112 valence electrons. The fraction of sp³-hybridized carbons (Fsp3) is 0.0625. The van der Waals surface area contributed by atoms with E-state index in [1.807, 2.05) is 0 Å². The van der Waals surface area contributed by atoms with E-state index in [9.17, 15) is 14.0 Å². The zero-order valence-electron chi connectivity index (χ0n) is 11.8. The Kier molecular flexibility index (Phi) is 4.31. The van der Waals surface area contributed by atoms with Gasteiger partial charge in [0, 0.05) is 16.8 Å². The number of imide groups is 1. The van der Waals surface area contributed by atoms with Gasteiger partial charge < -0.3 is 5.73 Å². The molecule has 0 spiro atoms. The summed E-state index contributed by atoms with van der Waals surface area (Å²) in [6.07, 6.45) is 0.224. The summed E-state index contributed by atoms with van der Waals surface area (Å²) < 4.78 is 13.3. The largest absolute Gasteiger partial charge is 0.398 e. The smallest absolute Gasteiger partial charge is 0.266 e. The number of nitrogens with two attached hydrogens (primary N) is 1. The molecule has 0 saturated carbocycles. The van der Waals surface area contributed by atoms with Crippen LogP contribution in [0.3, 0.4) is 0 Å². The Morgan fingerprint density at radius 2 is 1.91 bits per heavy atom. The van der Waals surface area contributed by atoms with Crippen LogP contribution in [-0.2, 0) is 4.79 Å². The molecule has 0 fully saturated rings. The highest BCUT2D eigenvalue weighted by Crippen LogP contribution is 2.17. The molecule has 6 heteroatoms. The summed E-state index contributed by atoms with van der Waals surface area (Å²) in [5.74, 6) is -1.75. The lowest BCUT2D eigenvalue weighted by Gasteiger charge is -2.18. The quantitative estimate of drug-likeness (QED) is 0.395. The van der Waals surface area contributed by atoms with Crippen LogP contribution in [-0.4, -0.2) is 23.1 Å². The van der Waals surface area contributed by atoms with E-state index in [1.54, 1.807) is 31.2 Å². The van der Waals surface area contributed by atoms with Gasteiger partial charge in [-0.05, 0) is 36.8 Å². The summed E-state index contributed by atoms with van der Waals surface area (Å²) in [5.41, 5.74) is 6.73. The maximum atomic E-state index is 13.3. The number of rotatable bonds is 3. The molecule has 0 atom stereocenters. The number of nitrogens with zero attached hydrogens (tertiary/aromatic N) is 1. The second-order valence-electron chi connectivity index (χ2n) is 4.68. The molecule has 0 aliphatic carbocycles. The van der Waals surface area contributed by atoms with Crippen molar-refractivity contribution in [2.24, 2.45) is 0 Å². The zero-order valence-corrected chi connectivity index (χ0v) is 11.8. The average Bonchev–Trinajstić information content (AvgIpc) is 2.50. The van der Waals surface area contributed by atoms with Crippen molar-refractivity contribution in [1.29, 1.82) is 5.41 Å². The van der Waals surface area contributed by atoms with Crippen molar-refractivity contribution in [1.82, 2.24) is 4.90 Å². The Hall–Kier alpha value is -3.02. The minimum absolute atomic E-state index is 0.0194. The van der Waals surface area contributed by atoms with E-state index in [-0.39, 0.29) is 23.2 Å². The summed E-state index contributed by atoms with van der Waals surface area (Å²) in [4.78, 5) is 24.3. The third-order valence-corrected chi connectivity index (χ3v) is 3.21. The fourth-order valence-electron chi connectivity index (χ4n) is 2.01. The Morgan fingerprint density at radius 3 is 2.55 bits per heavy atom. The van der Waals surface area contributed by atoms with Crippen molar-refractivity contribution in [2.45, 2.75) is 6.92 Å². The van der Waals surface area contributed by atoms with Gasteiger partial charge in [0.2, 0.25) is 6.41 Å². The van der Waals surface area contributed by atoms with Crippen molar-refractivity contribution < 1.29 is 14.0 Å². The lowest BCUT2D eigenvalue weighted by Crippen LogP contribution is -2.36. The molecule has 5 nitrogen and oxygen atoms in total. The first-order chi connectivity index (χ1) is 10.5. The Balaban J connectivity index is 2.42. The van der Waals surface area contributed by atoms with Gasteiger partial charge in [0.1, 0.15) is 11.7 Å². The molecule has 0 saturated heterocycles. The molecule has 0 unspecified atom stereocenters. The van der Waals surface area contributed by atoms with Gasteiger partial charge in [-0.1, -0.05) is 18.2 Å². The number of anilines is 1. The maximum Gasteiger partial charge on any atom is 0.266 e. The summed E-state index contributed by atoms with van der Waals surface area (Å²) >= 11 is 0. The lowest BCUT2D eigenvalue weighted by atomic mass is 10.1. The number of nitrogens with one attached hydrogen (secondary N) is 1. The van der Waals surface area contributed by atoms with Crippen molar-refractivity contribution in [2.75, 3.05) is 5.73 Å². The van der Waals surface area contributed by atoms with Crippen LogP contribution in [0.4, 0.5) is 10.1 Å². The lowest BCUT2D eigenvalue weighted by molar-refractivity contribution is -0.113. The van der Waals surface area contributed by atoms with Crippen LogP contribution >= 0.6 is 0 Å². The minimum atomic E-state index is -0.665. The van der Waals surface area contributed by atoms with Crippen LogP contribution in [0.1, 0.15) is 21.5 Å². The van der Waals surface area contributed by atoms with Crippen LogP contribution in [0.25, 0.3) is 0 Å². The molecular formula is C16H14FN3O2. The summed E-state index contributed by atoms with van der Waals surface area (Å²) in [7, 11) is 0. The van der Waals surface area contributed by atoms with Crippen LogP contribution in [0.15, 0.2) is 42.5 Å². The number of amidine groups is 1. The topological polar surface area (TPSA) is 87.2 Å². The van der Waals surface area contributed by atoms with Crippen LogP contribution < -0.4 is 5.73 Å². The van der Waals surface area contributed by atoms with Crippen molar-refractivity contribution in [3.05, 3.63) is 65.0 Å². The summed E-state index contributed by atoms with van der Waals surface area (Å²) in [6.45, 7) is 1.72. The number of nitrogen functional groups attached to an aromatic ring is 1. The molecule has 2 aromatic rings. The zero-order chi connectivity index (χ0) is 16.3. The Bertz CT molecular complexity index is 759. The highest BCUT2D eigenvalue weighted by atomic mass is 19.1. The SMILES string of the molecule is Cc1ccccc1C(=O)N(C=O)C(=N)c1cc(F)ccc1N. The van der Waals surface area contributed by atoms with Gasteiger partial charge in [-0.3, -0.25) is 15.0 Å². The van der Waals surface area contributed by atoms with E-state index < -0.39 is 17.6 Å². The minimum Gasteiger partial charge on any atom is -0.398 e. The number of hydrogen-bond donors (Lipinski definition) is 2.